The van der Waals surface area contributed by atoms with Crippen molar-refractivity contribution >= 4 is 45.6 Å². The third-order valence-electron chi connectivity index (χ3n) is 7.12. The lowest BCUT2D eigenvalue weighted by atomic mass is 10.1. The molecule has 1 amide bonds. The average Bonchev–Trinajstić information content (AvgIpc) is 3.55. The molecule has 1 aliphatic rings. The Kier molecular flexibility index (Phi) is 8.71. The van der Waals surface area contributed by atoms with E-state index < -0.39 is 11.7 Å². The number of primary amides is 1. The van der Waals surface area contributed by atoms with Crippen LogP contribution in [0.1, 0.15) is 34.3 Å². The third-order valence-corrected chi connectivity index (χ3v) is 7.41. The second-order valence-electron chi connectivity index (χ2n) is 10.2. The number of hydrogen-bond donors (Lipinski definition) is 3. The molecule has 1 saturated heterocycles. The molecule has 0 saturated carbocycles. The molecule has 1 atom stereocenters. The first-order valence-corrected chi connectivity index (χ1v) is 14.4. The number of nitrogens with one attached hydrogen (secondary N) is 2. The Morgan fingerprint density at radius 2 is 1.82 bits per heavy atom. The fourth-order valence-corrected chi connectivity index (χ4v) is 4.93. The predicted octanol–water partition coefficient (Wildman–Crippen LogP) is 6.97. The summed E-state index contributed by atoms with van der Waals surface area (Å²) in [6.07, 6.45) is 2.86. The molecular formula is C33H29ClFN5O4. The number of carbonyl (C=O) groups is 1. The zero-order valence-corrected chi connectivity index (χ0v) is 24.3. The van der Waals surface area contributed by atoms with Crippen LogP contribution >= 0.6 is 11.6 Å². The highest BCUT2D eigenvalue weighted by Crippen LogP contribution is 2.35. The molecule has 224 valence electrons. The Morgan fingerprint density at radius 1 is 1.02 bits per heavy atom. The van der Waals surface area contributed by atoms with Crippen molar-refractivity contribution in [3.05, 3.63) is 113 Å². The molecule has 4 aromatic carbocycles. The number of carbonyl (C=O) groups excluding carboxylic acids is 1. The highest BCUT2D eigenvalue weighted by Gasteiger charge is 2.20. The summed E-state index contributed by atoms with van der Waals surface area (Å²) in [6, 6.07) is 23.0. The number of benzene rings is 4. The largest absolute Gasteiger partial charge is 0.489 e. The molecule has 0 bridgehead atoms. The van der Waals surface area contributed by atoms with E-state index in [1.165, 1.54) is 18.5 Å². The van der Waals surface area contributed by atoms with E-state index in [0.717, 1.165) is 40.8 Å². The van der Waals surface area contributed by atoms with Gasteiger partial charge in [0, 0.05) is 35.7 Å². The second kappa shape index (κ2) is 13.2. The van der Waals surface area contributed by atoms with Crippen molar-refractivity contribution < 1.29 is 23.4 Å². The van der Waals surface area contributed by atoms with Crippen molar-refractivity contribution in [3.8, 4) is 11.5 Å². The normalized spacial score (nSPS) is 14.4. The highest BCUT2D eigenvalue weighted by molar-refractivity contribution is 6.31. The first-order valence-electron chi connectivity index (χ1n) is 14.0. The molecule has 2 heterocycles. The fraction of sp³-hybridized carbons (Fsp3) is 0.182. The maximum absolute atomic E-state index is 13.7. The van der Waals surface area contributed by atoms with Crippen LogP contribution in [0.25, 0.3) is 10.9 Å². The summed E-state index contributed by atoms with van der Waals surface area (Å²) in [5, 5.41) is 7.45. The summed E-state index contributed by atoms with van der Waals surface area (Å²) in [7, 11) is 0. The number of nitrogens with two attached hydrogens (primary N) is 1. The molecule has 0 aliphatic carbocycles. The number of amides is 1. The van der Waals surface area contributed by atoms with Gasteiger partial charge < -0.3 is 30.6 Å². The number of fused-ring (bicyclic) bond motifs is 1. The molecule has 1 fully saturated rings. The lowest BCUT2D eigenvalue weighted by molar-refractivity contribution is -0.0385. The number of halogens is 2. The van der Waals surface area contributed by atoms with Crippen molar-refractivity contribution in [2.75, 3.05) is 17.2 Å². The molecule has 1 aromatic heterocycles. The van der Waals surface area contributed by atoms with Crippen molar-refractivity contribution in [3.63, 3.8) is 0 Å². The summed E-state index contributed by atoms with van der Waals surface area (Å²) in [6.45, 7) is 1.52. The lowest BCUT2D eigenvalue weighted by Crippen LogP contribution is -2.15. The summed E-state index contributed by atoms with van der Waals surface area (Å²) in [5.41, 5.74) is 9.71. The van der Waals surface area contributed by atoms with Crippen LogP contribution in [0.2, 0.25) is 5.02 Å². The van der Waals surface area contributed by atoms with Crippen molar-refractivity contribution in [2.24, 2.45) is 5.73 Å². The number of ether oxygens (including phenoxy) is 3. The van der Waals surface area contributed by atoms with Gasteiger partial charge in [0.1, 0.15) is 36.1 Å². The van der Waals surface area contributed by atoms with Gasteiger partial charge in [0.25, 0.3) is 0 Å². The smallest absolute Gasteiger partial charge is 0.248 e. The van der Waals surface area contributed by atoms with Gasteiger partial charge in [0.05, 0.1) is 22.8 Å². The van der Waals surface area contributed by atoms with E-state index >= 15 is 0 Å². The molecular weight excluding hydrogens is 585 g/mol. The standard InChI is InChI=1S/C33H29ClFN5O4/c34-26-14-23(9-12-27(26)35)40-33-25-15-29(30(16-28(25)38-19-39-33)44-31-2-1-13-42-31)37-17-20-5-10-24(11-6-20)43-18-21-3-7-22(8-4-21)32(36)41/h3-12,14-16,19,31,37H,1-2,13,17-18H2,(H2,36,41)(H,38,39,40). The molecule has 1 unspecified atom stereocenters. The minimum atomic E-state index is -0.497. The van der Waals surface area contributed by atoms with Crippen LogP contribution in [0.15, 0.2) is 85.2 Å². The van der Waals surface area contributed by atoms with Gasteiger partial charge in [-0.05, 0) is 66.1 Å². The zero-order valence-electron chi connectivity index (χ0n) is 23.6. The molecule has 11 heteroatoms. The van der Waals surface area contributed by atoms with Crippen LogP contribution in [0.3, 0.4) is 0 Å². The number of aromatic nitrogens is 2. The molecule has 5 aromatic rings. The van der Waals surface area contributed by atoms with Gasteiger partial charge >= 0.3 is 0 Å². The summed E-state index contributed by atoms with van der Waals surface area (Å²) in [4.78, 5) is 20.1. The minimum absolute atomic E-state index is 0.0123. The summed E-state index contributed by atoms with van der Waals surface area (Å²) in [5.74, 6) is 0.908. The number of anilines is 3. The van der Waals surface area contributed by atoms with Gasteiger partial charge in [-0.25, -0.2) is 14.4 Å². The molecule has 6 rings (SSSR count). The van der Waals surface area contributed by atoms with Gasteiger partial charge in [-0.15, -0.1) is 0 Å². The predicted molar refractivity (Wildman–Crippen MR) is 167 cm³/mol. The van der Waals surface area contributed by atoms with Crippen molar-refractivity contribution in [2.45, 2.75) is 32.3 Å². The van der Waals surface area contributed by atoms with E-state index in [1.54, 1.807) is 18.2 Å². The van der Waals surface area contributed by atoms with Crippen LogP contribution in [0.5, 0.6) is 11.5 Å². The zero-order chi connectivity index (χ0) is 30.5. The van der Waals surface area contributed by atoms with Crippen LogP contribution < -0.4 is 25.8 Å². The molecule has 44 heavy (non-hydrogen) atoms. The van der Waals surface area contributed by atoms with E-state index in [-0.39, 0.29) is 11.3 Å². The molecule has 1 aliphatic heterocycles. The SMILES string of the molecule is NC(=O)c1ccc(COc2ccc(CNc3cc4c(Nc5ccc(F)c(Cl)c5)ncnc4cc3OC3CCCO3)cc2)cc1. The highest BCUT2D eigenvalue weighted by atomic mass is 35.5. The summed E-state index contributed by atoms with van der Waals surface area (Å²) >= 11 is 5.99. The van der Waals surface area contributed by atoms with Gasteiger partial charge in [0.15, 0.2) is 6.29 Å². The molecule has 0 radical (unpaired) electrons. The molecule has 0 spiro atoms. The lowest BCUT2D eigenvalue weighted by Gasteiger charge is -2.19. The Labute approximate surface area is 258 Å². The number of rotatable bonds is 11. The van der Waals surface area contributed by atoms with Crippen LogP contribution in [-0.4, -0.2) is 28.8 Å². The first kappa shape index (κ1) is 29.2. The average molecular weight is 614 g/mol. The van der Waals surface area contributed by atoms with E-state index in [2.05, 4.69) is 20.6 Å². The molecule has 4 N–H and O–H groups in total. The van der Waals surface area contributed by atoms with E-state index in [1.807, 2.05) is 48.5 Å². The fourth-order valence-electron chi connectivity index (χ4n) is 4.75. The Morgan fingerprint density at radius 3 is 2.55 bits per heavy atom. The Hall–Kier alpha value is -4.93. The van der Waals surface area contributed by atoms with Gasteiger partial charge in [-0.1, -0.05) is 35.9 Å². The minimum Gasteiger partial charge on any atom is -0.489 e. The van der Waals surface area contributed by atoms with Gasteiger partial charge in [0.2, 0.25) is 5.91 Å². The topological polar surface area (TPSA) is 121 Å². The van der Waals surface area contributed by atoms with E-state index in [9.17, 15) is 9.18 Å². The van der Waals surface area contributed by atoms with Crippen molar-refractivity contribution in [1.82, 2.24) is 9.97 Å². The van der Waals surface area contributed by atoms with Gasteiger partial charge in [-0.2, -0.15) is 0 Å². The second-order valence-corrected chi connectivity index (χ2v) is 10.7. The van der Waals surface area contributed by atoms with Crippen LogP contribution in [0.4, 0.5) is 21.6 Å². The van der Waals surface area contributed by atoms with Crippen LogP contribution in [0, 0.1) is 5.82 Å². The first-order chi connectivity index (χ1) is 21.4. The number of nitrogens with zero attached hydrogens (tertiary/aromatic N) is 2. The van der Waals surface area contributed by atoms with Gasteiger partial charge in [-0.3, -0.25) is 4.79 Å². The van der Waals surface area contributed by atoms with E-state index in [4.69, 9.17) is 31.5 Å². The maximum Gasteiger partial charge on any atom is 0.248 e. The maximum atomic E-state index is 13.7. The van der Waals surface area contributed by atoms with E-state index in [0.29, 0.717) is 48.1 Å². The third kappa shape index (κ3) is 6.99. The monoisotopic (exact) mass is 613 g/mol. The molecule has 9 nitrogen and oxygen atoms in total. The van der Waals surface area contributed by atoms with Crippen molar-refractivity contribution in [1.29, 1.82) is 0 Å². The van der Waals surface area contributed by atoms with Crippen LogP contribution in [-0.2, 0) is 17.9 Å². The summed E-state index contributed by atoms with van der Waals surface area (Å²) < 4.78 is 31.6. The number of hydrogen-bond acceptors (Lipinski definition) is 8. The Balaban J connectivity index is 1.19. The quantitative estimate of drug-likeness (QED) is 0.146. The Bertz CT molecular complexity index is 1780.